The number of carbonyl (C=O) groups is 1. The monoisotopic (exact) mass is 593 g/mol. The molecule has 0 aliphatic carbocycles. The molecule has 27 heavy (non-hydrogen) atoms. The molecule has 1 aromatic heterocycles. The first-order valence-electron chi connectivity index (χ1n) is 8.84. The molecule has 1 heterocycles. The summed E-state index contributed by atoms with van der Waals surface area (Å²) in [5.74, 6) is 0.835. The van der Waals surface area contributed by atoms with Crippen molar-refractivity contribution in [1.29, 1.82) is 0 Å². The van der Waals surface area contributed by atoms with Gasteiger partial charge in [0.05, 0.1) is 17.6 Å². The van der Waals surface area contributed by atoms with Crippen molar-refractivity contribution in [2.75, 3.05) is 24.6 Å². The molecule has 0 atom stereocenters. The minimum Gasteiger partial charge on any atom is -0.466 e. The van der Waals surface area contributed by atoms with Gasteiger partial charge in [0.15, 0.2) is 0 Å². The summed E-state index contributed by atoms with van der Waals surface area (Å²) in [5, 5.41) is 0. The fourth-order valence-corrected chi connectivity index (χ4v) is 3.76. The van der Waals surface area contributed by atoms with E-state index in [1.165, 1.54) is 0 Å². The Morgan fingerprint density at radius 3 is 2.52 bits per heavy atom. The van der Waals surface area contributed by atoms with E-state index in [1.54, 1.807) is 0 Å². The maximum absolute atomic E-state index is 11.5. The van der Waals surface area contributed by atoms with Crippen LogP contribution in [-0.2, 0) is 23.0 Å². The molecule has 0 fully saturated rings. The van der Waals surface area contributed by atoms with E-state index in [2.05, 4.69) is 86.0 Å². The summed E-state index contributed by atoms with van der Waals surface area (Å²) in [6, 6.07) is 6.33. The Bertz CT molecular complexity index is 829. The number of benzene rings is 1. The van der Waals surface area contributed by atoms with Gasteiger partial charge in [-0.15, -0.1) is 0 Å². The van der Waals surface area contributed by atoms with Crippen molar-refractivity contribution < 1.29 is 9.53 Å². The van der Waals surface area contributed by atoms with Gasteiger partial charge in [0.2, 0.25) is 0 Å². The number of ether oxygens (including phenoxy) is 1. The number of esters is 1. The Kier molecular flexibility index (Phi) is 8.59. The summed E-state index contributed by atoms with van der Waals surface area (Å²) in [7, 11) is 2.02. The topological polar surface area (TPSA) is 47.4 Å². The lowest BCUT2D eigenvalue weighted by atomic mass is 10.2. The number of fused-ring (bicyclic) bond motifs is 1. The molecule has 0 spiro atoms. The van der Waals surface area contributed by atoms with E-state index in [9.17, 15) is 4.79 Å². The van der Waals surface area contributed by atoms with Crippen LogP contribution in [0.4, 0.5) is 5.69 Å². The Balaban J connectivity index is 2.19. The first kappa shape index (κ1) is 22.2. The van der Waals surface area contributed by atoms with Crippen molar-refractivity contribution in [3.05, 3.63) is 44.3 Å². The van der Waals surface area contributed by atoms with Gasteiger partial charge in [-0.2, -0.15) is 0 Å². The zero-order valence-electron chi connectivity index (χ0n) is 15.8. The number of carbonyl (C=O) groups excluding carboxylic acids is 1. The summed E-state index contributed by atoms with van der Waals surface area (Å²) >= 11 is 4.52. The molecule has 0 aliphatic rings. The molecular weight excluding hydrogens is 568 g/mol. The highest BCUT2D eigenvalue weighted by atomic mass is 127. The fourth-order valence-electron chi connectivity index (χ4n) is 2.94. The van der Waals surface area contributed by atoms with Crippen LogP contribution in [0.1, 0.15) is 25.6 Å². The van der Waals surface area contributed by atoms with Gasteiger partial charge in [-0.05, 0) is 76.7 Å². The molecule has 0 amide bonds. The van der Waals surface area contributed by atoms with Gasteiger partial charge in [0.1, 0.15) is 5.82 Å². The molecule has 2 rings (SSSR count). The van der Waals surface area contributed by atoms with E-state index < -0.39 is 0 Å². The molecule has 0 radical (unpaired) electrons. The number of hydrogen-bond acceptors (Lipinski definition) is 4. The highest BCUT2D eigenvalue weighted by Gasteiger charge is 2.13. The van der Waals surface area contributed by atoms with Crippen molar-refractivity contribution in [2.24, 2.45) is 7.05 Å². The van der Waals surface area contributed by atoms with E-state index in [0.29, 0.717) is 13.0 Å². The molecule has 1 aromatic carbocycles. The van der Waals surface area contributed by atoms with Crippen molar-refractivity contribution in [3.63, 3.8) is 0 Å². The van der Waals surface area contributed by atoms with Gasteiger partial charge in [-0.1, -0.05) is 13.2 Å². The maximum atomic E-state index is 11.5. The number of hydrogen-bond donors (Lipinski definition) is 0. The number of aromatic nitrogens is 2. The Labute approximate surface area is 188 Å². The predicted molar refractivity (Wildman–Crippen MR) is 129 cm³/mol. The van der Waals surface area contributed by atoms with Gasteiger partial charge >= 0.3 is 5.97 Å². The quantitative estimate of drug-likeness (QED) is 0.282. The first-order chi connectivity index (χ1) is 12.8. The summed E-state index contributed by atoms with van der Waals surface area (Å²) in [6.07, 6.45) is 1.90. The molecule has 0 bridgehead atoms. The van der Waals surface area contributed by atoms with Gasteiger partial charge in [-0.3, -0.25) is 4.79 Å². The molecule has 0 N–H and O–H groups in total. The molecule has 5 nitrogen and oxygen atoms in total. The van der Waals surface area contributed by atoms with Crippen molar-refractivity contribution in [2.45, 2.75) is 26.2 Å². The SMILES string of the molecule is C=C(I)CN(CC(=C)I)c1ccc2c(c1)nc(CCCC(=O)OCC)n2C. The molecule has 0 unspecified atom stereocenters. The molecule has 146 valence electrons. The third-order valence-electron chi connectivity index (χ3n) is 4.13. The second-order valence-corrected chi connectivity index (χ2v) is 9.36. The highest BCUT2D eigenvalue weighted by Crippen LogP contribution is 2.25. The van der Waals surface area contributed by atoms with Crippen LogP contribution in [0.15, 0.2) is 38.5 Å². The van der Waals surface area contributed by atoms with Crippen LogP contribution in [0.5, 0.6) is 0 Å². The summed E-state index contributed by atoms with van der Waals surface area (Å²) in [4.78, 5) is 18.6. The van der Waals surface area contributed by atoms with Crippen LogP contribution in [0.25, 0.3) is 11.0 Å². The van der Waals surface area contributed by atoms with E-state index in [-0.39, 0.29) is 5.97 Å². The lowest BCUT2D eigenvalue weighted by molar-refractivity contribution is -0.143. The zero-order chi connectivity index (χ0) is 20.0. The number of aryl methyl sites for hydroxylation is 2. The first-order valence-corrected chi connectivity index (χ1v) is 11.0. The third kappa shape index (κ3) is 6.48. The van der Waals surface area contributed by atoms with Crippen molar-refractivity contribution in [3.8, 4) is 0 Å². The van der Waals surface area contributed by atoms with Crippen LogP contribution >= 0.6 is 45.2 Å². The van der Waals surface area contributed by atoms with Crippen molar-refractivity contribution >= 4 is 67.9 Å². The second kappa shape index (κ2) is 10.4. The molecule has 0 saturated heterocycles. The second-order valence-electron chi connectivity index (χ2n) is 6.31. The number of halogens is 2. The molecular formula is C20H25I2N3O2. The van der Waals surface area contributed by atoms with Crippen LogP contribution in [0.3, 0.4) is 0 Å². The Morgan fingerprint density at radius 2 is 1.93 bits per heavy atom. The molecule has 2 aromatic rings. The van der Waals surface area contributed by atoms with E-state index >= 15 is 0 Å². The highest BCUT2D eigenvalue weighted by molar-refractivity contribution is 14.1. The largest absolute Gasteiger partial charge is 0.466 e. The lowest BCUT2D eigenvalue weighted by Gasteiger charge is -2.24. The van der Waals surface area contributed by atoms with Gasteiger partial charge in [0, 0.05) is 45.8 Å². The zero-order valence-corrected chi connectivity index (χ0v) is 20.1. The predicted octanol–water partition coefficient (Wildman–Crippen LogP) is 5.16. The van der Waals surface area contributed by atoms with Crippen molar-refractivity contribution in [1.82, 2.24) is 9.55 Å². The molecule has 0 aliphatic heterocycles. The van der Waals surface area contributed by atoms with E-state index in [4.69, 9.17) is 9.72 Å². The number of imidazole rings is 1. The van der Waals surface area contributed by atoms with Gasteiger partial charge in [-0.25, -0.2) is 4.98 Å². The van der Waals surface area contributed by atoms with Crippen LogP contribution < -0.4 is 4.90 Å². The average molecular weight is 593 g/mol. The summed E-state index contributed by atoms with van der Waals surface area (Å²) < 4.78 is 9.24. The van der Waals surface area contributed by atoms with Crippen LogP contribution in [0, 0.1) is 0 Å². The maximum Gasteiger partial charge on any atom is 0.305 e. The number of anilines is 1. The standard InChI is InChI=1S/C20H25I2N3O2/c1-5-27-20(26)8-6-7-19-23-17-11-16(9-10-18(17)24(19)4)25(12-14(2)21)13-15(3)22/h9-11H,2-3,5-8,12-13H2,1,4H3. The normalized spacial score (nSPS) is 10.8. The summed E-state index contributed by atoms with van der Waals surface area (Å²) in [5.41, 5.74) is 3.16. The number of rotatable bonds is 10. The van der Waals surface area contributed by atoms with Crippen LogP contribution in [0.2, 0.25) is 0 Å². The smallest absolute Gasteiger partial charge is 0.305 e. The minimum atomic E-state index is -0.146. The molecule has 7 heteroatoms. The third-order valence-corrected chi connectivity index (χ3v) is 4.82. The Morgan fingerprint density at radius 1 is 1.26 bits per heavy atom. The Hall–Kier alpha value is -1.10. The number of nitrogens with zero attached hydrogens (tertiary/aromatic N) is 3. The fraction of sp³-hybridized carbons (Fsp3) is 0.400. The summed E-state index contributed by atoms with van der Waals surface area (Å²) in [6.45, 7) is 11.8. The average Bonchev–Trinajstić information content (AvgIpc) is 2.89. The van der Waals surface area contributed by atoms with Crippen LogP contribution in [-0.4, -0.2) is 35.2 Å². The van der Waals surface area contributed by atoms with Gasteiger partial charge < -0.3 is 14.2 Å². The molecule has 0 saturated carbocycles. The van der Waals surface area contributed by atoms with E-state index in [1.807, 2.05) is 14.0 Å². The minimum absolute atomic E-state index is 0.146. The van der Waals surface area contributed by atoms with Gasteiger partial charge in [0.25, 0.3) is 0 Å². The lowest BCUT2D eigenvalue weighted by Crippen LogP contribution is -2.25. The van der Waals surface area contributed by atoms with E-state index in [0.717, 1.165) is 55.6 Å².